The van der Waals surface area contributed by atoms with Crippen molar-refractivity contribution in [2.24, 2.45) is 0 Å². The fourth-order valence-electron chi connectivity index (χ4n) is 6.31. The first kappa shape index (κ1) is 27.3. The van der Waals surface area contributed by atoms with Crippen LogP contribution in [0.15, 0.2) is 85.1 Å². The Morgan fingerprint density at radius 3 is 2.19 bits per heavy atom. The molecule has 3 aromatic carbocycles. The fourth-order valence-corrected chi connectivity index (χ4v) is 6.31. The van der Waals surface area contributed by atoms with E-state index in [0.29, 0.717) is 43.2 Å². The number of carbonyl (C=O) groups is 1. The zero-order chi connectivity index (χ0) is 29.6. The minimum atomic E-state index is -4.55. The van der Waals surface area contributed by atoms with Crippen LogP contribution in [0.1, 0.15) is 51.6 Å². The van der Waals surface area contributed by atoms with E-state index in [4.69, 9.17) is 9.47 Å². The first-order chi connectivity index (χ1) is 20.9. The summed E-state index contributed by atoms with van der Waals surface area (Å²) in [6.07, 6.45) is -3.56. The molecule has 0 radical (unpaired) electrons. The van der Waals surface area contributed by atoms with Crippen LogP contribution in [0.5, 0.6) is 11.5 Å². The summed E-state index contributed by atoms with van der Waals surface area (Å²) in [5, 5.41) is 7.25. The van der Waals surface area contributed by atoms with Gasteiger partial charge in [0, 0.05) is 32.6 Å². The minimum Gasteiger partial charge on any atom is -0.454 e. The van der Waals surface area contributed by atoms with Crippen molar-refractivity contribution in [2.75, 3.05) is 38.3 Å². The molecule has 3 aliphatic rings. The molecule has 7 rings (SSSR count). The van der Waals surface area contributed by atoms with Gasteiger partial charge in [0.15, 0.2) is 17.5 Å². The van der Waals surface area contributed by atoms with Crippen molar-refractivity contribution in [1.82, 2.24) is 19.6 Å². The first-order valence-corrected chi connectivity index (χ1v) is 14.3. The minimum absolute atomic E-state index is 0.0280. The number of aromatic nitrogens is 2. The van der Waals surface area contributed by atoms with Gasteiger partial charge in [0.25, 0.3) is 5.91 Å². The molecular weight excluding hydrogens is 559 g/mol. The van der Waals surface area contributed by atoms with Crippen molar-refractivity contribution in [3.63, 3.8) is 0 Å². The van der Waals surface area contributed by atoms with E-state index >= 15 is 0 Å². The molecule has 0 saturated carbocycles. The van der Waals surface area contributed by atoms with E-state index in [-0.39, 0.29) is 36.5 Å². The molecule has 4 heterocycles. The van der Waals surface area contributed by atoms with Crippen LogP contribution in [0, 0.1) is 0 Å². The average Bonchev–Trinajstić information content (AvgIpc) is 3.68. The van der Waals surface area contributed by atoms with E-state index in [9.17, 15) is 18.0 Å². The molecule has 0 spiro atoms. The topological polar surface area (TPSA) is 71.9 Å². The highest BCUT2D eigenvalue weighted by atomic mass is 19.4. The summed E-state index contributed by atoms with van der Waals surface area (Å²) in [4.78, 5) is 17.8. The van der Waals surface area contributed by atoms with E-state index in [0.717, 1.165) is 15.8 Å². The standard InChI is InChI=1S/C32H30F3N5O3/c33-32(34,35)28-18-25(23-11-12-26-27(17-23)43-20-42-26)37-30-24(19-36-40(28)30)31(41)39-15-13-38(14-16-39)29(21-7-3-1-4-8-21)22-9-5-2-6-10-22/h1-12,17,19,25,28-29,37H,13-16,18,20H2/t25-,28-/m1/s1. The van der Waals surface area contributed by atoms with E-state index in [1.165, 1.54) is 6.20 Å². The highest BCUT2D eigenvalue weighted by molar-refractivity contribution is 5.99. The molecule has 0 bridgehead atoms. The predicted octanol–water partition coefficient (Wildman–Crippen LogP) is 5.82. The number of amides is 1. The number of nitrogens with one attached hydrogen (secondary N) is 1. The lowest BCUT2D eigenvalue weighted by Gasteiger charge is -2.40. The number of piperazine rings is 1. The van der Waals surface area contributed by atoms with Crippen LogP contribution in [-0.2, 0) is 0 Å². The summed E-state index contributed by atoms with van der Waals surface area (Å²) >= 11 is 0. The molecule has 1 aromatic heterocycles. The third-order valence-corrected chi connectivity index (χ3v) is 8.47. The van der Waals surface area contributed by atoms with Crippen LogP contribution >= 0.6 is 0 Å². The lowest BCUT2D eigenvalue weighted by atomic mass is 9.96. The number of nitrogens with zero attached hydrogens (tertiary/aromatic N) is 4. The highest BCUT2D eigenvalue weighted by Crippen LogP contribution is 2.46. The second-order valence-electron chi connectivity index (χ2n) is 11.0. The van der Waals surface area contributed by atoms with E-state index in [2.05, 4.69) is 39.6 Å². The van der Waals surface area contributed by atoms with Gasteiger partial charge in [-0.25, -0.2) is 4.68 Å². The van der Waals surface area contributed by atoms with Gasteiger partial charge >= 0.3 is 6.18 Å². The number of anilines is 1. The Kier molecular flexibility index (Phi) is 6.97. The van der Waals surface area contributed by atoms with Crippen LogP contribution in [0.2, 0.25) is 0 Å². The van der Waals surface area contributed by atoms with E-state index < -0.39 is 18.3 Å². The third kappa shape index (κ3) is 5.18. The van der Waals surface area contributed by atoms with Crippen molar-refractivity contribution in [3.05, 3.63) is 107 Å². The molecule has 0 aliphatic carbocycles. The third-order valence-electron chi connectivity index (χ3n) is 8.47. The van der Waals surface area contributed by atoms with Gasteiger partial charge in [-0.2, -0.15) is 18.3 Å². The van der Waals surface area contributed by atoms with Crippen LogP contribution in [-0.4, -0.2) is 64.6 Å². The van der Waals surface area contributed by atoms with Crippen molar-refractivity contribution in [2.45, 2.75) is 30.7 Å². The zero-order valence-electron chi connectivity index (χ0n) is 23.2. The lowest BCUT2D eigenvalue weighted by molar-refractivity contribution is -0.173. The van der Waals surface area contributed by atoms with Crippen molar-refractivity contribution in [1.29, 1.82) is 0 Å². The van der Waals surface area contributed by atoms with Crippen LogP contribution < -0.4 is 14.8 Å². The fraction of sp³-hybridized carbons (Fsp3) is 0.312. The maximum atomic E-state index is 14.3. The number of benzene rings is 3. The number of rotatable bonds is 5. The number of halogens is 3. The second-order valence-corrected chi connectivity index (χ2v) is 11.0. The number of fused-ring (bicyclic) bond motifs is 2. The van der Waals surface area contributed by atoms with Crippen molar-refractivity contribution >= 4 is 11.7 Å². The Hall–Kier alpha value is -4.51. The van der Waals surface area contributed by atoms with Gasteiger partial charge in [0.1, 0.15) is 11.4 Å². The average molecular weight is 590 g/mol. The molecule has 1 saturated heterocycles. The highest BCUT2D eigenvalue weighted by Gasteiger charge is 2.47. The van der Waals surface area contributed by atoms with Crippen LogP contribution in [0.25, 0.3) is 0 Å². The summed E-state index contributed by atoms with van der Waals surface area (Å²) in [6.45, 7) is 2.17. The molecule has 2 atom stereocenters. The second kappa shape index (κ2) is 11.0. The summed E-state index contributed by atoms with van der Waals surface area (Å²) in [5.41, 5.74) is 3.08. The molecule has 1 amide bonds. The summed E-state index contributed by atoms with van der Waals surface area (Å²) in [5.74, 6) is 0.779. The Morgan fingerprint density at radius 2 is 1.53 bits per heavy atom. The van der Waals surface area contributed by atoms with Gasteiger partial charge in [-0.3, -0.25) is 9.69 Å². The number of ether oxygens (including phenoxy) is 2. The number of hydrogen-bond donors (Lipinski definition) is 1. The Labute approximate surface area is 246 Å². The van der Waals surface area contributed by atoms with Gasteiger partial charge in [0.05, 0.1) is 18.3 Å². The monoisotopic (exact) mass is 589 g/mol. The van der Waals surface area contributed by atoms with E-state index in [1.54, 1.807) is 23.1 Å². The maximum Gasteiger partial charge on any atom is 0.410 e. The normalized spacial score (nSPS) is 20.1. The molecule has 1 N–H and O–H groups in total. The molecule has 11 heteroatoms. The number of alkyl halides is 3. The zero-order valence-corrected chi connectivity index (χ0v) is 23.2. The Morgan fingerprint density at radius 1 is 0.884 bits per heavy atom. The van der Waals surface area contributed by atoms with E-state index in [1.807, 2.05) is 36.4 Å². The maximum absolute atomic E-state index is 14.3. The SMILES string of the molecule is O=C(c1cnn2c1N[C@@H](c1ccc3c(c1)OCO3)C[C@@H]2C(F)(F)F)N1CCN(C(c2ccccc2)c2ccccc2)CC1. The summed E-state index contributed by atoms with van der Waals surface area (Å²) < 4.78 is 54.5. The molecule has 1 fully saturated rings. The number of hydrogen-bond acceptors (Lipinski definition) is 6. The van der Waals surface area contributed by atoms with Gasteiger partial charge in [-0.15, -0.1) is 0 Å². The first-order valence-electron chi connectivity index (χ1n) is 14.3. The predicted molar refractivity (Wildman–Crippen MR) is 153 cm³/mol. The van der Waals surface area contributed by atoms with Crippen molar-refractivity contribution < 1.29 is 27.4 Å². The quantitative estimate of drug-likeness (QED) is 0.317. The Bertz CT molecular complexity index is 1560. The molecular formula is C32H30F3N5O3. The van der Waals surface area contributed by atoms with Crippen LogP contribution in [0.3, 0.4) is 0 Å². The molecule has 3 aliphatic heterocycles. The molecule has 4 aromatic rings. The van der Waals surface area contributed by atoms with Gasteiger partial charge < -0.3 is 19.7 Å². The molecule has 43 heavy (non-hydrogen) atoms. The summed E-state index contributed by atoms with van der Waals surface area (Å²) in [6, 6.07) is 23.0. The van der Waals surface area contributed by atoms with Gasteiger partial charge in [0.2, 0.25) is 6.79 Å². The Balaban J connectivity index is 1.12. The summed E-state index contributed by atoms with van der Waals surface area (Å²) in [7, 11) is 0. The molecule has 8 nitrogen and oxygen atoms in total. The lowest BCUT2D eigenvalue weighted by Crippen LogP contribution is -2.50. The number of carbonyl (C=O) groups excluding carboxylic acids is 1. The van der Waals surface area contributed by atoms with Crippen molar-refractivity contribution in [3.8, 4) is 11.5 Å². The smallest absolute Gasteiger partial charge is 0.410 e. The molecule has 222 valence electrons. The molecule has 0 unspecified atom stereocenters. The largest absolute Gasteiger partial charge is 0.454 e. The van der Waals surface area contributed by atoms with Gasteiger partial charge in [-0.05, 0) is 28.8 Å². The van der Waals surface area contributed by atoms with Gasteiger partial charge in [-0.1, -0.05) is 66.7 Å². The van der Waals surface area contributed by atoms with Crippen LogP contribution in [0.4, 0.5) is 19.0 Å².